The molecule has 4 rings (SSSR count). The largest absolute Gasteiger partial charge is 0.338 e. The SMILES string of the molecule is Cc1ccc(C(=O)N2CCCC(c3nc4ccccc4s3)C2)cc1F. The van der Waals surface area contributed by atoms with Crippen molar-refractivity contribution in [1.82, 2.24) is 9.88 Å². The molecule has 3 nitrogen and oxygen atoms in total. The van der Waals surface area contributed by atoms with Crippen molar-refractivity contribution in [1.29, 1.82) is 0 Å². The zero-order valence-electron chi connectivity index (χ0n) is 14.0. The van der Waals surface area contributed by atoms with E-state index in [9.17, 15) is 9.18 Å². The summed E-state index contributed by atoms with van der Waals surface area (Å²) in [6.07, 6.45) is 1.98. The second-order valence-electron chi connectivity index (χ2n) is 6.57. The molecule has 5 heteroatoms. The summed E-state index contributed by atoms with van der Waals surface area (Å²) in [4.78, 5) is 19.3. The molecule has 128 valence electrons. The van der Waals surface area contributed by atoms with Crippen molar-refractivity contribution >= 4 is 27.5 Å². The third-order valence-electron chi connectivity index (χ3n) is 4.79. The van der Waals surface area contributed by atoms with Gasteiger partial charge >= 0.3 is 0 Å². The highest BCUT2D eigenvalue weighted by Gasteiger charge is 2.27. The van der Waals surface area contributed by atoms with Crippen LogP contribution >= 0.6 is 11.3 Å². The van der Waals surface area contributed by atoms with E-state index in [4.69, 9.17) is 4.98 Å². The van der Waals surface area contributed by atoms with Crippen LogP contribution in [-0.4, -0.2) is 28.9 Å². The number of rotatable bonds is 2. The van der Waals surface area contributed by atoms with E-state index in [2.05, 4.69) is 6.07 Å². The summed E-state index contributed by atoms with van der Waals surface area (Å²) in [5.41, 5.74) is 2.00. The van der Waals surface area contributed by atoms with E-state index >= 15 is 0 Å². The van der Waals surface area contributed by atoms with Gasteiger partial charge in [0.15, 0.2) is 0 Å². The van der Waals surface area contributed by atoms with E-state index < -0.39 is 0 Å². The third-order valence-corrected chi connectivity index (χ3v) is 5.99. The molecule has 0 radical (unpaired) electrons. The number of carbonyl (C=O) groups is 1. The average Bonchev–Trinajstić information content (AvgIpc) is 3.08. The number of piperidine rings is 1. The lowest BCUT2D eigenvalue weighted by Gasteiger charge is -2.32. The quantitative estimate of drug-likeness (QED) is 0.664. The predicted octanol–water partition coefficient (Wildman–Crippen LogP) is 4.76. The summed E-state index contributed by atoms with van der Waals surface area (Å²) >= 11 is 1.71. The molecular formula is C20H19FN2OS. The van der Waals surface area contributed by atoms with Crippen LogP contribution in [0.2, 0.25) is 0 Å². The molecule has 1 unspecified atom stereocenters. The van der Waals surface area contributed by atoms with Gasteiger partial charge in [-0.25, -0.2) is 9.37 Å². The normalized spacial score (nSPS) is 17.8. The van der Waals surface area contributed by atoms with Gasteiger partial charge in [-0.3, -0.25) is 4.79 Å². The van der Waals surface area contributed by atoms with Crippen molar-refractivity contribution in [2.45, 2.75) is 25.7 Å². The van der Waals surface area contributed by atoms with E-state index in [-0.39, 0.29) is 17.6 Å². The molecule has 1 aromatic heterocycles. The standard InChI is InChI=1S/C20H19FN2OS/c1-13-8-9-14(11-16(13)21)20(24)23-10-4-5-15(12-23)19-22-17-6-2-3-7-18(17)25-19/h2-3,6-9,11,15H,4-5,10,12H2,1H3. The third kappa shape index (κ3) is 3.16. The van der Waals surface area contributed by atoms with Crippen molar-refractivity contribution in [2.24, 2.45) is 0 Å². The maximum atomic E-state index is 13.8. The Bertz CT molecular complexity index is 903. The number of thiazole rings is 1. The summed E-state index contributed by atoms with van der Waals surface area (Å²) in [7, 11) is 0. The molecule has 0 spiro atoms. The van der Waals surface area contributed by atoms with E-state index in [1.807, 2.05) is 23.1 Å². The number of para-hydroxylation sites is 1. The van der Waals surface area contributed by atoms with Crippen molar-refractivity contribution < 1.29 is 9.18 Å². The lowest BCUT2D eigenvalue weighted by molar-refractivity contribution is 0.0706. The maximum Gasteiger partial charge on any atom is 0.253 e. The molecule has 3 aromatic rings. The van der Waals surface area contributed by atoms with Crippen LogP contribution in [0.3, 0.4) is 0 Å². The first-order valence-electron chi connectivity index (χ1n) is 8.53. The van der Waals surface area contributed by atoms with Gasteiger partial charge in [0.2, 0.25) is 0 Å². The van der Waals surface area contributed by atoms with Crippen LogP contribution in [0.15, 0.2) is 42.5 Å². The second-order valence-corrected chi connectivity index (χ2v) is 7.64. The van der Waals surface area contributed by atoms with Crippen LogP contribution in [0.5, 0.6) is 0 Å². The highest BCUT2D eigenvalue weighted by Crippen LogP contribution is 2.33. The number of likely N-dealkylation sites (tertiary alicyclic amines) is 1. The van der Waals surface area contributed by atoms with Gasteiger partial charge in [0.05, 0.1) is 15.2 Å². The summed E-state index contributed by atoms with van der Waals surface area (Å²) in [6.45, 7) is 3.07. The number of aryl methyl sites for hydroxylation is 1. The Labute approximate surface area is 150 Å². The molecular weight excluding hydrogens is 335 g/mol. The minimum Gasteiger partial charge on any atom is -0.338 e. The first kappa shape index (κ1) is 16.2. The summed E-state index contributed by atoms with van der Waals surface area (Å²) in [5.74, 6) is -0.166. The van der Waals surface area contributed by atoms with Crippen LogP contribution < -0.4 is 0 Å². The van der Waals surface area contributed by atoms with Gasteiger partial charge in [-0.2, -0.15) is 0 Å². The van der Waals surface area contributed by atoms with Gasteiger partial charge in [0.25, 0.3) is 5.91 Å². The molecule has 1 fully saturated rings. The van der Waals surface area contributed by atoms with Gasteiger partial charge in [-0.15, -0.1) is 11.3 Å². The first-order chi connectivity index (χ1) is 12.1. The average molecular weight is 354 g/mol. The van der Waals surface area contributed by atoms with Crippen LogP contribution in [-0.2, 0) is 0 Å². The molecule has 0 saturated carbocycles. The van der Waals surface area contributed by atoms with Crippen molar-refractivity contribution in [2.75, 3.05) is 13.1 Å². The molecule has 1 aliphatic rings. The van der Waals surface area contributed by atoms with Gasteiger partial charge < -0.3 is 4.90 Å². The molecule has 25 heavy (non-hydrogen) atoms. The molecule has 1 amide bonds. The molecule has 2 heterocycles. The summed E-state index contributed by atoms with van der Waals surface area (Å²) in [6, 6.07) is 12.8. The smallest absolute Gasteiger partial charge is 0.253 e. The molecule has 2 aromatic carbocycles. The number of hydrogen-bond acceptors (Lipinski definition) is 3. The molecule has 1 aliphatic heterocycles. The number of benzene rings is 2. The number of nitrogens with zero attached hydrogens (tertiary/aromatic N) is 2. The van der Waals surface area contributed by atoms with Crippen LogP contribution in [0.1, 0.15) is 39.7 Å². The number of halogens is 1. The van der Waals surface area contributed by atoms with Crippen molar-refractivity contribution in [3.8, 4) is 0 Å². The highest BCUT2D eigenvalue weighted by atomic mass is 32.1. The van der Waals surface area contributed by atoms with Crippen LogP contribution in [0.4, 0.5) is 4.39 Å². The highest BCUT2D eigenvalue weighted by molar-refractivity contribution is 7.18. The van der Waals surface area contributed by atoms with Crippen molar-refractivity contribution in [3.63, 3.8) is 0 Å². The van der Waals surface area contributed by atoms with Crippen molar-refractivity contribution in [3.05, 3.63) is 64.4 Å². The molecule has 0 bridgehead atoms. The molecule has 0 aliphatic carbocycles. The van der Waals surface area contributed by atoms with E-state index in [1.165, 1.54) is 10.8 Å². The second kappa shape index (κ2) is 6.56. The predicted molar refractivity (Wildman–Crippen MR) is 98.6 cm³/mol. The number of fused-ring (bicyclic) bond motifs is 1. The summed E-state index contributed by atoms with van der Waals surface area (Å²) in [5, 5.41) is 1.09. The zero-order chi connectivity index (χ0) is 17.4. The number of carbonyl (C=O) groups excluding carboxylic acids is 1. The zero-order valence-corrected chi connectivity index (χ0v) is 14.9. The lowest BCUT2D eigenvalue weighted by Crippen LogP contribution is -2.39. The molecule has 0 N–H and O–H groups in total. The van der Waals surface area contributed by atoms with Gasteiger partial charge in [-0.05, 0) is 49.6 Å². The monoisotopic (exact) mass is 354 g/mol. The maximum absolute atomic E-state index is 13.8. The molecule has 1 atom stereocenters. The van der Waals surface area contributed by atoms with E-state index in [0.29, 0.717) is 17.7 Å². The van der Waals surface area contributed by atoms with Crippen LogP contribution in [0, 0.1) is 12.7 Å². The van der Waals surface area contributed by atoms with E-state index in [1.54, 1.807) is 30.4 Å². The Balaban J connectivity index is 1.55. The van der Waals surface area contributed by atoms with Gasteiger partial charge in [0, 0.05) is 24.6 Å². The Hall–Kier alpha value is -2.27. The number of hydrogen-bond donors (Lipinski definition) is 0. The van der Waals surface area contributed by atoms with E-state index in [0.717, 1.165) is 29.9 Å². The fourth-order valence-electron chi connectivity index (χ4n) is 3.34. The minimum absolute atomic E-state index is 0.0929. The topological polar surface area (TPSA) is 33.2 Å². The lowest BCUT2D eigenvalue weighted by atomic mass is 9.98. The number of amides is 1. The fourth-order valence-corrected chi connectivity index (χ4v) is 4.43. The van der Waals surface area contributed by atoms with Gasteiger partial charge in [-0.1, -0.05) is 18.2 Å². The van der Waals surface area contributed by atoms with Gasteiger partial charge in [0.1, 0.15) is 5.82 Å². The Morgan fingerprint density at radius 1 is 1.28 bits per heavy atom. The number of aromatic nitrogens is 1. The Kier molecular flexibility index (Phi) is 4.25. The summed E-state index contributed by atoms with van der Waals surface area (Å²) < 4.78 is 15.0. The fraction of sp³-hybridized carbons (Fsp3) is 0.300. The Morgan fingerprint density at radius 2 is 2.12 bits per heavy atom. The Morgan fingerprint density at radius 3 is 2.92 bits per heavy atom. The molecule has 1 saturated heterocycles. The first-order valence-corrected chi connectivity index (χ1v) is 9.34. The van der Waals surface area contributed by atoms with Crippen LogP contribution in [0.25, 0.3) is 10.2 Å². The minimum atomic E-state index is -0.328.